The zero-order chi connectivity index (χ0) is 19.2. The van der Waals surface area contributed by atoms with Crippen molar-refractivity contribution >= 4 is 33.3 Å². The monoisotopic (exact) mass is 395 g/mol. The smallest absolute Gasteiger partial charge is 0.159 e. The summed E-state index contributed by atoms with van der Waals surface area (Å²) in [5, 5.41) is 10.6. The molecule has 138 valence electrons. The van der Waals surface area contributed by atoms with Crippen molar-refractivity contribution in [2.45, 2.75) is 0 Å². The van der Waals surface area contributed by atoms with Crippen LogP contribution in [0.4, 0.5) is 0 Å². The molecular formula is C21H13N7S. The molecule has 2 N–H and O–H groups in total. The Bertz CT molecular complexity index is 1450. The lowest BCUT2D eigenvalue weighted by Gasteiger charge is -2.00. The number of pyridine rings is 1. The number of hydrogen-bond acceptors (Lipinski definition) is 6. The molecule has 0 radical (unpaired) electrons. The fourth-order valence-electron chi connectivity index (χ4n) is 3.44. The number of thiophene rings is 1. The number of aromatic amines is 2. The predicted molar refractivity (Wildman–Crippen MR) is 113 cm³/mol. The molecule has 7 nitrogen and oxygen atoms in total. The van der Waals surface area contributed by atoms with Crippen molar-refractivity contribution in [3.05, 3.63) is 66.6 Å². The molecule has 6 rings (SSSR count). The second-order valence-electron chi connectivity index (χ2n) is 6.54. The summed E-state index contributed by atoms with van der Waals surface area (Å²) in [6.07, 6.45) is 6.91. The summed E-state index contributed by atoms with van der Waals surface area (Å²) in [5.74, 6) is 0.702. The van der Waals surface area contributed by atoms with E-state index in [1.807, 2.05) is 29.6 Å². The molecule has 0 unspecified atom stereocenters. The zero-order valence-electron chi connectivity index (χ0n) is 15.0. The van der Waals surface area contributed by atoms with E-state index < -0.39 is 0 Å². The first kappa shape index (κ1) is 16.1. The van der Waals surface area contributed by atoms with Crippen molar-refractivity contribution in [3.8, 4) is 33.3 Å². The van der Waals surface area contributed by atoms with E-state index in [2.05, 4.69) is 42.3 Å². The van der Waals surface area contributed by atoms with Crippen LogP contribution in [0.1, 0.15) is 0 Å². The van der Waals surface area contributed by atoms with Gasteiger partial charge in [0, 0.05) is 29.5 Å². The topological polar surface area (TPSA) is 96.0 Å². The molecule has 29 heavy (non-hydrogen) atoms. The van der Waals surface area contributed by atoms with Crippen LogP contribution in [0.2, 0.25) is 0 Å². The minimum atomic E-state index is 0.702. The van der Waals surface area contributed by atoms with Crippen molar-refractivity contribution in [1.82, 2.24) is 35.1 Å². The molecule has 0 atom stereocenters. The Morgan fingerprint density at radius 1 is 0.897 bits per heavy atom. The van der Waals surface area contributed by atoms with Gasteiger partial charge < -0.3 is 4.98 Å². The van der Waals surface area contributed by atoms with E-state index in [0.29, 0.717) is 5.82 Å². The molecule has 0 aliphatic carbocycles. The third-order valence-electron chi connectivity index (χ3n) is 4.80. The standard InChI is InChI=1S/C21H13N7S/c1-2-17(29-9-1)20-19-15(5-6-24-20)25-21(26-19)18-13-10-12(3-4-14(13)27-28-18)16-11-22-7-8-23-16/h1-11H,(H,25,26)(H,27,28). The van der Waals surface area contributed by atoms with Crippen LogP contribution in [0.15, 0.2) is 66.6 Å². The van der Waals surface area contributed by atoms with Gasteiger partial charge in [0.25, 0.3) is 0 Å². The Labute approximate surface area is 168 Å². The molecule has 0 aliphatic heterocycles. The van der Waals surface area contributed by atoms with Gasteiger partial charge in [-0.25, -0.2) is 4.98 Å². The summed E-state index contributed by atoms with van der Waals surface area (Å²) in [7, 11) is 0. The van der Waals surface area contributed by atoms with Gasteiger partial charge in [0.05, 0.1) is 27.8 Å². The van der Waals surface area contributed by atoms with Gasteiger partial charge in [0.15, 0.2) is 5.82 Å². The van der Waals surface area contributed by atoms with Crippen LogP contribution in [-0.4, -0.2) is 35.1 Å². The molecule has 0 bridgehead atoms. The second kappa shape index (κ2) is 6.32. The van der Waals surface area contributed by atoms with Crippen molar-refractivity contribution < 1.29 is 0 Å². The lowest BCUT2D eigenvalue weighted by molar-refractivity contribution is 1.11. The predicted octanol–water partition coefficient (Wildman–Crippen LogP) is 4.69. The average molecular weight is 395 g/mol. The number of H-pyrrole nitrogens is 2. The Morgan fingerprint density at radius 3 is 2.76 bits per heavy atom. The average Bonchev–Trinajstić information content (AvgIpc) is 3.52. The van der Waals surface area contributed by atoms with Gasteiger partial charge in [-0.3, -0.25) is 20.1 Å². The molecule has 6 aromatic rings. The zero-order valence-corrected chi connectivity index (χ0v) is 15.8. The number of fused-ring (bicyclic) bond motifs is 2. The number of aromatic nitrogens is 7. The molecule has 5 heterocycles. The fourth-order valence-corrected chi connectivity index (χ4v) is 4.17. The Balaban J connectivity index is 1.53. The van der Waals surface area contributed by atoms with E-state index in [1.165, 1.54) is 0 Å². The van der Waals surface area contributed by atoms with Gasteiger partial charge in [-0.05, 0) is 29.6 Å². The molecule has 0 amide bonds. The van der Waals surface area contributed by atoms with Crippen LogP contribution in [0.5, 0.6) is 0 Å². The first-order valence-electron chi connectivity index (χ1n) is 9.00. The first-order chi connectivity index (χ1) is 14.4. The van der Waals surface area contributed by atoms with Crippen molar-refractivity contribution in [1.29, 1.82) is 0 Å². The lowest BCUT2D eigenvalue weighted by Crippen LogP contribution is -1.85. The summed E-state index contributed by atoms with van der Waals surface area (Å²) in [6, 6.07) is 12.1. The highest BCUT2D eigenvalue weighted by Gasteiger charge is 2.16. The summed E-state index contributed by atoms with van der Waals surface area (Å²) < 4.78 is 0. The Kier molecular flexibility index (Phi) is 3.50. The number of benzene rings is 1. The van der Waals surface area contributed by atoms with E-state index in [9.17, 15) is 0 Å². The molecule has 1 aromatic carbocycles. The van der Waals surface area contributed by atoms with Gasteiger partial charge in [-0.1, -0.05) is 12.1 Å². The Morgan fingerprint density at radius 2 is 1.90 bits per heavy atom. The van der Waals surface area contributed by atoms with E-state index >= 15 is 0 Å². The number of rotatable bonds is 3. The number of imidazole rings is 1. The van der Waals surface area contributed by atoms with Crippen LogP contribution < -0.4 is 0 Å². The van der Waals surface area contributed by atoms with Crippen molar-refractivity contribution in [3.63, 3.8) is 0 Å². The highest BCUT2D eigenvalue weighted by Crippen LogP contribution is 2.33. The van der Waals surface area contributed by atoms with Gasteiger partial charge in [0.1, 0.15) is 16.9 Å². The molecule has 0 aliphatic rings. The molecule has 0 saturated carbocycles. The number of hydrogen-bond donors (Lipinski definition) is 2. The minimum Gasteiger partial charge on any atom is -0.336 e. The highest BCUT2D eigenvalue weighted by atomic mass is 32.1. The quantitative estimate of drug-likeness (QED) is 0.453. The van der Waals surface area contributed by atoms with Crippen LogP contribution >= 0.6 is 11.3 Å². The normalized spacial score (nSPS) is 11.4. The van der Waals surface area contributed by atoms with Gasteiger partial charge in [-0.15, -0.1) is 11.3 Å². The fraction of sp³-hybridized carbons (Fsp3) is 0. The van der Waals surface area contributed by atoms with E-state index in [0.717, 1.165) is 49.5 Å². The van der Waals surface area contributed by atoms with Crippen LogP contribution in [0, 0.1) is 0 Å². The summed E-state index contributed by atoms with van der Waals surface area (Å²) in [5.41, 5.74) is 6.13. The minimum absolute atomic E-state index is 0.702. The third-order valence-corrected chi connectivity index (χ3v) is 5.68. The Hall–Kier alpha value is -3.91. The third kappa shape index (κ3) is 2.61. The van der Waals surface area contributed by atoms with Gasteiger partial charge in [0.2, 0.25) is 0 Å². The molecule has 0 saturated heterocycles. The van der Waals surface area contributed by atoms with Crippen LogP contribution in [0.3, 0.4) is 0 Å². The first-order valence-corrected chi connectivity index (χ1v) is 9.88. The molecule has 8 heteroatoms. The van der Waals surface area contributed by atoms with E-state index in [1.54, 1.807) is 36.1 Å². The lowest BCUT2D eigenvalue weighted by atomic mass is 10.1. The van der Waals surface area contributed by atoms with Crippen molar-refractivity contribution in [2.75, 3.05) is 0 Å². The van der Waals surface area contributed by atoms with E-state index in [4.69, 9.17) is 4.98 Å². The van der Waals surface area contributed by atoms with Crippen LogP contribution in [-0.2, 0) is 0 Å². The van der Waals surface area contributed by atoms with Crippen molar-refractivity contribution in [2.24, 2.45) is 0 Å². The van der Waals surface area contributed by atoms with Crippen LogP contribution in [0.25, 0.3) is 55.3 Å². The maximum atomic E-state index is 4.84. The maximum absolute atomic E-state index is 4.84. The number of nitrogens with one attached hydrogen (secondary N) is 2. The largest absolute Gasteiger partial charge is 0.336 e. The highest BCUT2D eigenvalue weighted by molar-refractivity contribution is 7.13. The van der Waals surface area contributed by atoms with Gasteiger partial charge >= 0.3 is 0 Å². The maximum Gasteiger partial charge on any atom is 0.159 e. The molecular weight excluding hydrogens is 382 g/mol. The summed E-state index contributed by atoms with van der Waals surface area (Å²) >= 11 is 1.65. The molecule has 0 fully saturated rings. The van der Waals surface area contributed by atoms with Gasteiger partial charge in [-0.2, -0.15) is 5.10 Å². The number of nitrogens with zero attached hydrogens (tertiary/aromatic N) is 5. The summed E-state index contributed by atoms with van der Waals surface area (Å²) in [6.45, 7) is 0. The van der Waals surface area contributed by atoms with E-state index in [-0.39, 0.29) is 0 Å². The molecule has 0 spiro atoms. The molecule has 5 aromatic heterocycles. The summed E-state index contributed by atoms with van der Waals surface area (Å²) in [4.78, 5) is 22.4. The SMILES string of the molecule is c1csc(-c2nccc3[nH]c(-c4n[nH]c5ccc(-c6cnccn6)cc45)nc23)c1. The second-order valence-corrected chi connectivity index (χ2v) is 7.49.